The summed E-state index contributed by atoms with van der Waals surface area (Å²) in [5.41, 5.74) is 5.65. The molecule has 0 aliphatic carbocycles. The highest BCUT2D eigenvalue weighted by Gasteiger charge is 2.29. The first-order valence-electron chi connectivity index (χ1n) is 8.16. The summed E-state index contributed by atoms with van der Waals surface area (Å²) in [4.78, 5) is 27.9. The van der Waals surface area contributed by atoms with Crippen LogP contribution in [0.1, 0.15) is 57.9 Å². The fourth-order valence-electron chi connectivity index (χ4n) is 2.17. The number of amides is 2. The molecule has 2 unspecified atom stereocenters. The molecule has 0 saturated carbocycles. The lowest BCUT2D eigenvalue weighted by Crippen LogP contribution is -2.51. The maximum absolute atomic E-state index is 12.2. The maximum Gasteiger partial charge on any atom is 0.316 e. The van der Waals surface area contributed by atoms with E-state index < -0.39 is 30.3 Å². The first kappa shape index (κ1) is 21.0. The minimum absolute atomic E-state index is 0.0493. The number of rotatable bonds is 9. The van der Waals surface area contributed by atoms with Crippen molar-refractivity contribution in [3.8, 4) is 0 Å². The van der Waals surface area contributed by atoms with E-state index in [1.807, 2.05) is 13.8 Å². The third kappa shape index (κ3) is 5.76. The van der Waals surface area contributed by atoms with Gasteiger partial charge in [-0.25, -0.2) is 4.79 Å². The number of Topliss-reactive ketones (excluding diaryl/α,β-unsaturated/α-hetero) is 1. The summed E-state index contributed by atoms with van der Waals surface area (Å²) in [5.74, 6) is -0.121. The summed E-state index contributed by atoms with van der Waals surface area (Å²) in [6.07, 6.45) is -0.316. The Labute approximate surface area is 146 Å². The fraction of sp³-hybridized carbons (Fsp3) is 0.733. The van der Waals surface area contributed by atoms with Crippen LogP contribution in [0, 0.1) is 5.92 Å². The van der Waals surface area contributed by atoms with Crippen LogP contribution < -0.4 is 16.4 Å². The van der Waals surface area contributed by atoms with Gasteiger partial charge in [0.25, 0.3) is 0 Å². The van der Waals surface area contributed by atoms with E-state index in [1.165, 1.54) is 13.8 Å². The summed E-state index contributed by atoms with van der Waals surface area (Å²) in [7, 11) is 0. The third-order valence-electron chi connectivity index (χ3n) is 3.96. The zero-order chi connectivity index (χ0) is 19.1. The Kier molecular flexibility index (Phi) is 7.94. The van der Waals surface area contributed by atoms with Crippen LogP contribution in [0.4, 0.5) is 4.79 Å². The number of carbonyl (C=O) groups is 2. The summed E-state index contributed by atoms with van der Waals surface area (Å²) in [6.45, 7) is 6.18. The summed E-state index contributed by atoms with van der Waals surface area (Å²) < 4.78 is 5.16. The summed E-state index contributed by atoms with van der Waals surface area (Å²) >= 11 is 0. The highest BCUT2D eigenvalue weighted by atomic mass is 16.5. The van der Waals surface area contributed by atoms with Crippen LogP contribution in [0.3, 0.4) is 0 Å². The highest BCUT2D eigenvalue weighted by Crippen LogP contribution is 2.23. The molecule has 10 nitrogen and oxygen atoms in total. The van der Waals surface area contributed by atoms with Crippen LogP contribution in [0.5, 0.6) is 0 Å². The number of aliphatic hydroxyl groups is 2. The molecule has 0 saturated heterocycles. The number of ketones is 1. The van der Waals surface area contributed by atoms with Gasteiger partial charge in [-0.05, 0) is 19.8 Å². The van der Waals surface area contributed by atoms with Crippen LogP contribution >= 0.6 is 0 Å². The van der Waals surface area contributed by atoms with Gasteiger partial charge < -0.3 is 31.1 Å². The van der Waals surface area contributed by atoms with Crippen molar-refractivity contribution in [3.63, 3.8) is 0 Å². The molecule has 5 atom stereocenters. The van der Waals surface area contributed by atoms with Crippen LogP contribution in [0.25, 0.3) is 0 Å². The van der Waals surface area contributed by atoms with Crippen molar-refractivity contribution in [2.45, 2.75) is 58.3 Å². The Balaban J connectivity index is 2.91. The van der Waals surface area contributed by atoms with E-state index in [9.17, 15) is 14.7 Å². The largest absolute Gasteiger partial charge is 0.394 e. The molecule has 142 valence electrons. The molecule has 0 aliphatic rings. The zero-order valence-corrected chi connectivity index (χ0v) is 14.9. The topological polar surface area (TPSA) is 164 Å². The summed E-state index contributed by atoms with van der Waals surface area (Å²) in [5, 5.41) is 27.5. The Morgan fingerprint density at radius 3 is 2.44 bits per heavy atom. The number of nitrogens with one attached hydrogen (secondary N) is 2. The molecule has 1 heterocycles. The lowest BCUT2D eigenvalue weighted by atomic mass is 9.99. The molecule has 0 radical (unpaired) electrons. The molecule has 25 heavy (non-hydrogen) atoms. The number of urea groups is 1. The number of hydrogen-bond acceptors (Lipinski definition) is 8. The molecule has 10 heteroatoms. The lowest BCUT2D eigenvalue weighted by Gasteiger charge is -2.24. The van der Waals surface area contributed by atoms with E-state index in [4.69, 9.17) is 15.4 Å². The molecule has 0 aromatic carbocycles. The SMILES string of the molecule is CCC(C)[C@H](NC(=O)N[C@H](C(C)=O)C(C)O)c1nc([C@@H](N)CO)no1. The van der Waals surface area contributed by atoms with E-state index >= 15 is 0 Å². The monoisotopic (exact) mass is 357 g/mol. The molecule has 2 amide bonds. The number of aromatic nitrogens is 2. The Morgan fingerprint density at radius 1 is 1.32 bits per heavy atom. The number of carbonyl (C=O) groups excluding carboxylic acids is 2. The molecule has 1 rings (SSSR count). The molecule has 1 aromatic heterocycles. The first-order valence-corrected chi connectivity index (χ1v) is 8.16. The fourth-order valence-corrected chi connectivity index (χ4v) is 2.17. The van der Waals surface area contributed by atoms with Crippen molar-refractivity contribution in [1.29, 1.82) is 0 Å². The van der Waals surface area contributed by atoms with Gasteiger partial charge in [-0.3, -0.25) is 4.79 Å². The second-order valence-corrected chi connectivity index (χ2v) is 6.09. The van der Waals surface area contributed by atoms with Crippen molar-refractivity contribution in [1.82, 2.24) is 20.8 Å². The number of nitrogens with two attached hydrogens (primary N) is 1. The van der Waals surface area contributed by atoms with Gasteiger partial charge >= 0.3 is 6.03 Å². The van der Waals surface area contributed by atoms with Crippen molar-refractivity contribution in [2.24, 2.45) is 11.7 Å². The van der Waals surface area contributed by atoms with Crippen LogP contribution in [0.2, 0.25) is 0 Å². The van der Waals surface area contributed by atoms with Crippen LogP contribution in [0.15, 0.2) is 4.52 Å². The maximum atomic E-state index is 12.2. The smallest absolute Gasteiger partial charge is 0.316 e. The minimum atomic E-state index is -1.03. The average molecular weight is 357 g/mol. The van der Waals surface area contributed by atoms with Crippen molar-refractivity contribution in [3.05, 3.63) is 11.7 Å². The number of hydrogen-bond donors (Lipinski definition) is 5. The second kappa shape index (κ2) is 9.44. The van der Waals surface area contributed by atoms with Gasteiger partial charge in [0.05, 0.1) is 18.8 Å². The quantitative estimate of drug-likeness (QED) is 0.405. The van der Waals surface area contributed by atoms with Crippen molar-refractivity contribution >= 4 is 11.8 Å². The molecular weight excluding hydrogens is 330 g/mol. The average Bonchev–Trinajstić information content (AvgIpc) is 3.05. The van der Waals surface area contributed by atoms with Gasteiger partial charge in [0.2, 0.25) is 5.89 Å². The molecule has 0 spiro atoms. The van der Waals surface area contributed by atoms with E-state index in [0.29, 0.717) is 6.42 Å². The Bertz CT molecular complexity index is 576. The molecule has 0 fully saturated rings. The Morgan fingerprint density at radius 2 is 1.96 bits per heavy atom. The normalized spacial score (nSPS) is 17.2. The molecule has 6 N–H and O–H groups in total. The van der Waals surface area contributed by atoms with Crippen molar-refractivity contribution < 1.29 is 24.3 Å². The lowest BCUT2D eigenvalue weighted by molar-refractivity contribution is -0.120. The molecule has 0 bridgehead atoms. The van der Waals surface area contributed by atoms with Gasteiger partial charge in [0, 0.05) is 0 Å². The first-order chi connectivity index (χ1) is 11.7. The van der Waals surface area contributed by atoms with E-state index in [0.717, 1.165) is 0 Å². The molecule has 1 aromatic rings. The van der Waals surface area contributed by atoms with E-state index in [2.05, 4.69) is 20.8 Å². The molecular formula is C15H27N5O5. The highest BCUT2D eigenvalue weighted by molar-refractivity contribution is 5.87. The Hall–Kier alpha value is -2.04. The summed E-state index contributed by atoms with van der Waals surface area (Å²) in [6, 6.07) is -3.05. The third-order valence-corrected chi connectivity index (χ3v) is 3.96. The standard InChI is InChI=1S/C15H27N5O5/c1-5-7(2)11(14-19-13(20-25-14)10(16)6-21)17-15(24)18-12(8(3)22)9(4)23/h7-8,10-12,21-22H,5-6,16H2,1-4H3,(H2,17,18,24)/t7?,8?,10-,11-,12-/m0/s1. The van der Waals surface area contributed by atoms with E-state index in [-0.39, 0.29) is 30.0 Å². The predicted octanol–water partition coefficient (Wildman–Crippen LogP) is -0.213. The number of nitrogens with zero attached hydrogens (tertiary/aromatic N) is 2. The van der Waals surface area contributed by atoms with E-state index in [1.54, 1.807) is 0 Å². The van der Waals surface area contributed by atoms with Gasteiger partial charge in [-0.2, -0.15) is 4.98 Å². The van der Waals surface area contributed by atoms with Crippen molar-refractivity contribution in [2.75, 3.05) is 6.61 Å². The van der Waals surface area contributed by atoms with Gasteiger partial charge in [-0.1, -0.05) is 25.4 Å². The van der Waals surface area contributed by atoms with Crippen LogP contribution in [-0.4, -0.2) is 50.9 Å². The second-order valence-electron chi connectivity index (χ2n) is 6.09. The van der Waals surface area contributed by atoms with Gasteiger partial charge in [-0.15, -0.1) is 0 Å². The predicted molar refractivity (Wildman–Crippen MR) is 88.3 cm³/mol. The van der Waals surface area contributed by atoms with Gasteiger partial charge in [0.1, 0.15) is 12.1 Å². The zero-order valence-electron chi connectivity index (χ0n) is 14.9. The van der Waals surface area contributed by atoms with Gasteiger partial charge in [0.15, 0.2) is 11.6 Å². The number of aliphatic hydroxyl groups excluding tert-OH is 2. The van der Waals surface area contributed by atoms with Crippen LogP contribution in [-0.2, 0) is 4.79 Å². The minimum Gasteiger partial charge on any atom is -0.394 e. The molecule has 0 aliphatic heterocycles.